The second-order valence-corrected chi connectivity index (χ2v) is 9.00. The summed E-state index contributed by atoms with van der Waals surface area (Å²) in [6.07, 6.45) is 1.61. The van der Waals surface area contributed by atoms with Crippen LogP contribution in [0.15, 0.2) is 78.9 Å². The minimum atomic E-state index is -1.56. The number of amides is 1. The number of carbonyl (C=O) groups excluding carboxylic acids is 3. The van der Waals surface area contributed by atoms with Gasteiger partial charge in [-0.3, -0.25) is 14.4 Å². The third-order valence-corrected chi connectivity index (χ3v) is 6.16. The molecule has 0 unspecified atom stereocenters. The number of carbonyl (C=O) groups is 3. The Morgan fingerprint density at radius 1 is 0.897 bits per heavy atom. The SMILES string of the molecule is COCC#C/C=C(\C#CC1(OC(C)=O)c2ccccc2C(=O)c2ccccc21)c1ccccc1C(=O)N(C)C. The Morgan fingerprint density at radius 2 is 1.46 bits per heavy atom. The molecule has 4 rings (SSSR count). The highest BCUT2D eigenvalue weighted by molar-refractivity contribution is 6.13. The van der Waals surface area contributed by atoms with Gasteiger partial charge in [-0.05, 0) is 12.0 Å². The Morgan fingerprint density at radius 3 is 2.03 bits per heavy atom. The highest BCUT2D eigenvalue weighted by Gasteiger charge is 2.45. The normalized spacial score (nSPS) is 13.0. The summed E-state index contributed by atoms with van der Waals surface area (Å²) in [5.41, 5.74) is 1.65. The monoisotopic (exact) mass is 517 g/mol. The molecule has 0 atom stereocenters. The fourth-order valence-corrected chi connectivity index (χ4v) is 4.47. The molecule has 0 bridgehead atoms. The molecular formula is C33H27NO5. The van der Waals surface area contributed by atoms with E-state index in [2.05, 4.69) is 23.7 Å². The van der Waals surface area contributed by atoms with Gasteiger partial charge in [0.2, 0.25) is 5.60 Å². The van der Waals surface area contributed by atoms with Crippen molar-refractivity contribution in [1.82, 2.24) is 4.90 Å². The summed E-state index contributed by atoms with van der Waals surface area (Å²) in [4.78, 5) is 40.4. The molecule has 0 spiro atoms. The first kappa shape index (κ1) is 27.1. The van der Waals surface area contributed by atoms with Crippen molar-refractivity contribution in [2.24, 2.45) is 0 Å². The maximum atomic E-state index is 13.4. The fraction of sp³-hybridized carbons (Fsp3) is 0.182. The van der Waals surface area contributed by atoms with Gasteiger partial charge < -0.3 is 14.4 Å². The lowest BCUT2D eigenvalue weighted by atomic mass is 9.74. The Kier molecular flexibility index (Phi) is 8.10. The van der Waals surface area contributed by atoms with Gasteiger partial charge in [-0.15, -0.1) is 0 Å². The van der Waals surface area contributed by atoms with Crippen molar-refractivity contribution in [2.75, 3.05) is 27.8 Å². The lowest BCUT2D eigenvalue weighted by molar-refractivity contribution is -0.149. The second kappa shape index (κ2) is 11.6. The molecule has 3 aromatic carbocycles. The van der Waals surface area contributed by atoms with Gasteiger partial charge in [0.15, 0.2) is 5.78 Å². The molecule has 0 N–H and O–H groups in total. The zero-order chi connectivity index (χ0) is 28.0. The fourth-order valence-electron chi connectivity index (χ4n) is 4.47. The van der Waals surface area contributed by atoms with Crippen molar-refractivity contribution in [3.8, 4) is 23.7 Å². The van der Waals surface area contributed by atoms with Crippen LogP contribution in [0.25, 0.3) is 5.57 Å². The first-order valence-electron chi connectivity index (χ1n) is 12.2. The molecule has 0 aliphatic heterocycles. The van der Waals surface area contributed by atoms with Crippen LogP contribution in [0.4, 0.5) is 0 Å². The van der Waals surface area contributed by atoms with E-state index >= 15 is 0 Å². The molecule has 0 radical (unpaired) electrons. The van der Waals surface area contributed by atoms with Crippen molar-refractivity contribution in [3.63, 3.8) is 0 Å². The van der Waals surface area contributed by atoms with Crippen LogP contribution in [0.5, 0.6) is 0 Å². The average molecular weight is 518 g/mol. The number of benzene rings is 3. The molecule has 0 fully saturated rings. The van der Waals surface area contributed by atoms with Crippen molar-refractivity contribution >= 4 is 23.2 Å². The second-order valence-electron chi connectivity index (χ2n) is 9.00. The summed E-state index contributed by atoms with van der Waals surface area (Å²) in [5.74, 6) is 11.3. The number of hydrogen-bond donors (Lipinski definition) is 0. The predicted octanol–water partition coefficient (Wildman–Crippen LogP) is 4.48. The number of esters is 1. The minimum Gasteiger partial charge on any atom is -0.437 e. The number of ketones is 1. The largest absolute Gasteiger partial charge is 0.437 e. The topological polar surface area (TPSA) is 72.9 Å². The molecule has 0 saturated carbocycles. The highest BCUT2D eigenvalue weighted by atomic mass is 16.6. The van der Waals surface area contributed by atoms with Gasteiger partial charge >= 0.3 is 5.97 Å². The number of fused-ring (bicyclic) bond motifs is 2. The summed E-state index contributed by atoms with van der Waals surface area (Å²) in [6, 6.07) is 21.1. The first-order chi connectivity index (χ1) is 18.8. The molecule has 1 amide bonds. The number of ether oxygens (including phenoxy) is 2. The summed E-state index contributed by atoms with van der Waals surface area (Å²) in [5, 5.41) is 0. The zero-order valence-electron chi connectivity index (χ0n) is 22.2. The molecule has 0 aromatic heterocycles. The van der Waals surface area contributed by atoms with E-state index in [4.69, 9.17) is 9.47 Å². The van der Waals surface area contributed by atoms with Gasteiger partial charge in [0.25, 0.3) is 5.91 Å². The van der Waals surface area contributed by atoms with Crippen LogP contribution in [0, 0.1) is 23.7 Å². The van der Waals surface area contributed by atoms with Gasteiger partial charge in [-0.25, -0.2) is 0 Å². The van der Waals surface area contributed by atoms with E-state index in [1.807, 2.05) is 6.07 Å². The molecule has 39 heavy (non-hydrogen) atoms. The number of nitrogens with zero attached hydrogens (tertiary/aromatic N) is 1. The summed E-state index contributed by atoms with van der Waals surface area (Å²) in [7, 11) is 4.90. The zero-order valence-corrected chi connectivity index (χ0v) is 22.2. The first-order valence-corrected chi connectivity index (χ1v) is 12.2. The maximum Gasteiger partial charge on any atom is 0.304 e. The average Bonchev–Trinajstić information content (AvgIpc) is 2.94. The van der Waals surface area contributed by atoms with E-state index in [0.29, 0.717) is 39.0 Å². The van der Waals surface area contributed by atoms with Crippen LogP contribution in [0.1, 0.15) is 49.9 Å². The van der Waals surface area contributed by atoms with Crippen molar-refractivity contribution in [2.45, 2.75) is 12.5 Å². The number of hydrogen-bond acceptors (Lipinski definition) is 5. The van der Waals surface area contributed by atoms with E-state index in [1.54, 1.807) is 94.0 Å². The van der Waals surface area contributed by atoms with E-state index < -0.39 is 11.6 Å². The molecule has 0 saturated heterocycles. The number of methoxy groups -OCH3 is 1. The van der Waals surface area contributed by atoms with Crippen LogP contribution < -0.4 is 0 Å². The molecular weight excluding hydrogens is 490 g/mol. The minimum absolute atomic E-state index is 0.172. The van der Waals surface area contributed by atoms with Gasteiger partial charge in [0.1, 0.15) is 6.61 Å². The highest BCUT2D eigenvalue weighted by Crippen LogP contribution is 2.42. The molecule has 1 aliphatic carbocycles. The number of allylic oxidation sites excluding steroid dienone is 2. The van der Waals surface area contributed by atoms with E-state index in [9.17, 15) is 14.4 Å². The summed E-state index contributed by atoms with van der Waals surface area (Å²) < 4.78 is 11.0. The molecule has 0 heterocycles. The van der Waals surface area contributed by atoms with E-state index in [0.717, 1.165) is 0 Å². The summed E-state index contributed by atoms with van der Waals surface area (Å²) in [6.45, 7) is 1.53. The van der Waals surface area contributed by atoms with Crippen LogP contribution in [0.3, 0.4) is 0 Å². The number of rotatable bonds is 4. The predicted molar refractivity (Wildman–Crippen MR) is 149 cm³/mol. The van der Waals surface area contributed by atoms with Crippen molar-refractivity contribution in [1.29, 1.82) is 0 Å². The third kappa shape index (κ3) is 5.38. The van der Waals surface area contributed by atoms with Crippen molar-refractivity contribution in [3.05, 3.63) is 112 Å². The van der Waals surface area contributed by atoms with Gasteiger partial charge in [-0.2, -0.15) is 0 Å². The maximum absolute atomic E-state index is 13.4. The van der Waals surface area contributed by atoms with Crippen molar-refractivity contribution < 1.29 is 23.9 Å². The molecule has 3 aromatic rings. The Hall–Kier alpha value is -4.91. The third-order valence-electron chi connectivity index (χ3n) is 6.16. The smallest absolute Gasteiger partial charge is 0.304 e. The Balaban J connectivity index is 2.02. The Bertz CT molecular complexity index is 1560. The van der Waals surface area contributed by atoms with Crippen LogP contribution in [-0.4, -0.2) is 50.4 Å². The molecule has 6 heteroatoms. The molecule has 6 nitrogen and oxygen atoms in total. The van der Waals surface area contributed by atoms with E-state index in [1.165, 1.54) is 11.8 Å². The van der Waals surface area contributed by atoms with Crippen LogP contribution >= 0.6 is 0 Å². The van der Waals surface area contributed by atoms with Gasteiger partial charge in [0, 0.05) is 73.2 Å². The summed E-state index contributed by atoms with van der Waals surface area (Å²) >= 11 is 0. The lowest BCUT2D eigenvalue weighted by Gasteiger charge is -2.35. The molecule has 194 valence electrons. The Labute approximate surface area is 228 Å². The quantitative estimate of drug-likeness (QED) is 0.377. The van der Waals surface area contributed by atoms with Gasteiger partial charge in [0.05, 0.1) is 0 Å². The van der Waals surface area contributed by atoms with Gasteiger partial charge in [-0.1, -0.05) is 84.5 Å². The standard InChI is InChI=1S/C33H27NO5/c1-23(35)39-33(29-18-9-7-16-27(29)31(36)28-17-8-10-19-30(28)33)21-20-24(13-11-12-22-38-4)25-14-5-6-15-26(25)32(37)34(2)3/h5-10,13-19H,22H2,1-4H3/b24-13+. The van der Waals surface area contributed by atoms with Crippen LogP contribution in [0.2, 0.25) is 0 Å². The van der Waals surface area contributed by atoms with Crippen LogP contribution in [-0.2, 0) is 19.9 Å². The lowest BCUT2D eigenvalue weighted by Crippen LogP contribution is -2.38. The molecule has 1 aliphatic rings. The van der Waals surface area contributed by atoms with E-state index in [-0.39, 0.29) is 18.3 Å².